The van der Waals surface area contributed by atoms with Crippen LogP contribution in [0.3, 0.4) is 0 Å². The van der Waals surface area contributed by atoms with Gasteiger partial charge in [0, 0.05) is 56.9 Å². The third-order valence-corrected chi connectivity index (χ3v) is 4.08. The summed E-state index contributed by atoms with van der Waals surface area (Å²) in [6, 6.07) is 5.75. The van der Waals surface area contributed by atoms with Gasteiger partial charge in [-0.3, -0.25) is 0 Å². The molecule has 118 valence electrons. The molecule has 0 aromatic heterocycles. The van der Waals surface area contributed by atoms with Gasteiger partial charge in [-0.05, 0) is 19.1 Å². The van der Waals surface area contributed by atoms with Crippen molar-refractivity contribution in [3.8, 4) is 5.75 Å². The molecule has 5 heteroatoms. The quantitative estimate of drug-likeness (QED) is 0.865. The van der Waals surface area contributed by atoms with Crippen LogP contribution in [-0.2, 0) is 4.74 Å². The number of benzene rings is 1. The van der Waals surface area contributed by atoms with Crippen LogP contribution in [0.1, 0.15) is 31.4 Å². The van der Waals surface area contributed by atoms with Crippen molar-refractivity contribution in [2.45, 2.75) is 31.4 Å². The van der Waals surface area contributed by atoms with E-state index in [0.29, 0.717) is 32.6 Å². The molecule has 1 fully saturated rings. The predicted octanol–water partition coefficient (Wildman–Crippen LogP) is 1.69. The van der Waals surface area contributed by atoms with Crippen LogP contribution in [0.4, 0.5) is 5.69 Å². The van der Waals surface area contributed by atoms with Gasteiger partial charge in [0.1, 0.15) is 5.75 Å². The predicted molar refractivity (Wildman–Crippen MR) is 83.9 cm³/mol. The Morgan fingerprint density at radius 1 is 1.43 bits per heavy atom. The highest BCUT2D eigenvalue weighted by Crippen LogP contribution is 2.34. The Morgan fingerprint density at radius 3 is 2.67 bits per heavy atom. The van der Waals surface area contributed by atoms with Gasteiger partial charge in [-0.25, -0.2) is 0 Å². The van der Waals surface area contributed by atoms with Crippen LogP contribution in [0.15, 0.2) is 18.2 Å². The number of nitrogens with zero attached hydrogens (tertiary/aromatic N) is 1. The molecule has 3 N–H and O–H groups in total. The summed E-state index contributed by atoms with van der Waals surface area (Å²) >= 11 is 0. The molecule has 1 aromatic carbocycles. The van der Waals surface area contributed by atoms with Gasteiger partial charge >= 0.3 is 0 Å². The van der Waals surface area contributed by atoms with Crippen LogP contribution < -0.4 is 15.4 Å². The highest BCUT2D eigenvalue weighted by Gasteiger charge is 2.32. The Bertz CT molecular complexity index is 471. The lowest BCUT2D eigenvalue weighted by molar-refractivity contribution is -0.0572. The summed E-state index contributed by atoms with van der Waals surface area (Å²) in [6.45, 7) is 3.73. The van der Waals surface area contributed by atoms with Crippen LogP contribution in [0, 0.1) is 0 Å². The number of methoxy groups -OCH3 is 1. The zero-order valence-electron chi connectivity index (χ0n) is 13.1. The highest BCUT2D eigenvalue weighted by molar-refractivity contribution is 5.60. The molecule has 21 heavy (non-hydrogen) atoms. The minimum atomic E-state index is -0.703. The van der Waals surface area contributed by atoms with E-state index in [9.17, 15) is 5.11 Å². The molecular formula is C16H26N2O3. The van der Waals surface area contributed by atoms with Gasteiger partial charge in [-0.15, -0.1) is 0 Å². The number of hydrogen-bond donors (Lipinski definition) is 2. The number of rotatable bonds is 5. The molecule has 1 saturated heterocycles. The van der Waals surface area contributed by atoms with Gasteiger partial charge < -0.3 is 25.2 Å². The van der Waals surface area contributed by atoms with Crippen LogP contribution in [0.2, 0.25) is 0 Å². The molecule has 0 saturated carbocycles. The smallest absolute Gasteiger partial charge is 0.125 e. The van der Waals surface area contributed by atoms with E-state index in [4.69, 9.17) is 15.2 Å². The second kappa shape index (κ2) is 6.64. The van der Waals surface area contributed by atoms with Crippen molar-refractivity contribution in [3.63, 3.8) is 0 Å². The van der Waals surface area contributed by atoms with Crippen LogP contribution in [-0.4, -0.2) is 44.6 Å². The molecule has 0 amide bonds. The van der Waals surface area contributed by atoms with Crippen molar-refractivity contribution in [2.75, 3.05) is 38.8 Å². The molecule has 1 aliphatic rings. The highest BCUT2D eigenvalue weighted by atomic mass is 16.5. The van der Waals surface area contributed by atoms with Gasteiger partial charge in [0.25, 0.3) is 0 Å². The Balaban J connectivity index is 2.24. The largest absolute Gasteiger partial charge is 0.496 e. The fourth-order valence-corrected chi connectivity index (χ4v) is 2.94. The average molecular weight is 294 g/mol. The van der Waals surface area contributed by atoms with Crippen molar-refractivity contribution in [1.29, 1.82) is 0 Å². The standard InChI is InChI=1S/C16H26N2O3/c1-12(17)15-13(5-4-6-14(15)20-3)18(2)11-16(19)7-9-21-10-8-16/h4-6,12,19H,7-11,17H2,1-3H3/t12-/m1/s1. The van der Waals surface area contributed by atoms with E-state index in [1.165, 1.54) is 0 Å². The van der Waals surface area contributed by atoms with Crippen LogP contribution >= 0.6 is 0 Å². The Kier molecular flexibility index (Phi) is 5.08. The summed E-state index contributed by atoms with van der Waals surface area (Å²) in [4.78, 5) is 2.06. The molecule has 5 nitrogen and oxygen atoms in total. The summed E-state index contributed by atoms with van der Waals surface area (Å²) < 4.78 is 10.8. The molecule has 2 rings (SSSR count). The summed E-state index contributed by atoms with van der Waals surface area (Å²) in [6.07, 6.45) is 1.32. The first-order valence-electron chi connectivity index (χ1n) is 7.40. The Labute approximate surface area is 126 Å². The third kappa shape index (κ3) is 3.67. The molecule has 0 spiro atoms. The van der Waals surface area contributed by atoms with Gasteiger partial charge in [-0.2, -0.15) is 0 Å². The normalized spacial score (nSPS) is 19.1. The minimum absolute atomic E-state index is 0.136. The van der Waals surface area contributed by atoms with E-state index in [1.807, 2.05) is 32.2 Å². The lowest BCUT2D eigenvalue weighted by atomic mass is 9.93. The van der Waals surface area contributed by atoms with Gasteiger partial charge in [0.05, 0.1) is 12.7 Å². The molecule has 1 aliphatic heterocycles. The van der Waals surface area contributed by atoms with Gasteiger partial charge in [-0.1, -0.05) is 6.07 Å². The fraction of sp³-hybridized carbons (Fsp3) is 0.625. The SMILES string of the molecule is COc1cccc(N(C)CC2(O)CCOCC2)c1[C@@H](C)N. The average Bonchev–Trinajstić information content (AvgIpc) is 2.46. The number of aliphatic hydroxyl groups is 1. The maximum atomic E-state index is 10.7. The zero-order valence-corrected chi connectivity index (χ0v) is 13.1. The number of nitrogens with two attached hydrogens (primary N) is 1. The Morgan fingerprint density at radius 2 is 2.10 bits per heavy atom. The minimum Gasteiger partial charge on any atom is -0.496 e. The van der Waals surface area contributed by atoms with E-state index in [-0.39, 0.29) is 6.04 Å². The van der Waals surface area contributed by atoms with E-state index in [2.05, 4.69) is 4.90 Å². The lowest BCUT2D eigenvalue weighted by Crippen LogP contribution is -2.46. The third-order valence-electron chi connectivity index (χ3n) is 4.08. The van der Waals surface area contributed by atoms with Crippen molar-refractivity contribution in [2.24, 2.45) is 5.73 Å². The van der Waals surface area contributed by atoms with Crippen LogP contribution in [0.25, 0.3) is 0 Å². The number of hydrogen-bond acceptors (Lipinski definition) is 5. The number of likely N-dealkylation sites (N-methyl/N-ethyl adjacent to an activating group) is 1. The van der Waals surface area contributed by atoms with Crippen molar-refractivity contribution < 1.29 is 14.6 Å². The number of ether oxygens (including phenoxy) is 2. The van der Waals surface area contributed by atoms with Gasteiger partial charge in [0.2, 0.25) is 0 Å². The van der Waals surface area contributed by atoms with Crippen molar-refractivity contribution in [1.82, 2.24) is 0 Å². The fourth-order valence-electron chi connectivity index (χ4n) is 2.94. The van der Waals surface area contributed by atoms with Crippen molar-refractivity contribution >= 4 is 5.69 Å². The number of anilines is 1. The second-order valence-electron chi connectivity index (χ2n) is 5.87. The molecule has 1 atom stereocenters. The van der Waals surface area contributed by atoms with E-state index >= 15 is 0 Å². The maximum Gasteiger partial charge on any atom is 0.125 e. The van der Waals surface area contributed by atoms with Gasteiger partial charge in [0.15, 0.2) is 0 Å². The molecule has 0 unspecified atom stereocenters. The second-order valence-corrected chi connectivity index (χ2v) is 5.87. The first-order chi connectivity index (χ1) is 9.97. The molecule has 1 heterocycles. The summed E-state index contributed by atoms with van der Waals surface area (Å²) in [5, 5.41) is 10.7. The van der Waals surface area contributed by atoms with E-state index < -0.39 is 5.60 Å². The monoisotopic (exact) mass is 294 g/mol. The van der Waals surface area contributed by atoms with Crippen LogP contribution in [0.5, 0.6) is 5.75 Å². The van der Waals surface area contributed by atoms with E-state index in [1.54, 1.807) is 7.11 Å². The lowest BCUT2D eigenvalue weighted by Gasteiger charge is -2.37. The molecule has 1 aromatic rings. The summed E-state index contributed by atoms with van der Waals surface area (Å²) in [5.41, 5.74) is 7.38. The first-order valence-corrected chi connectivity index (χ1v) is 7.40. The van der Waals surface area contributed by atoms with Crippen molar-refractivity contribution in [3.05, 3.63) is 23.8 Å². The van der Waals surface area contributed by atoms with E-state index in [0.717, 1.165) is 17.0 Å². The molecule has 0 radical (unpaired) electrons. The Hall–Kier alpha value is -1.30. The first kappa shape index (κ1) is 16.1. The summed E-state index contributed by atoms with van der Waals surface area (Å²) in [5.74, 6) is 0.785. The summed E-state index contributed by atoms with van der Waals surface area (Å²) in [7, 11) is 3.63. The molecule has 0 aliphatic carbocycles. The topological polar surface area (TPSA) is 68.0 Å². The zero-order chi connectivity index (χ0) is 15.5. The molecular weight excluding hydrogens is 268 g/mol. The molecule has 0 bridgehead atoms. The maximum absolute atomic E-state index is 10.7.